The molecule has 0 saturated heterocycles. The number of hydrogen-bond donors (Lipinski definition) is 1. The lowest BCUT2D eigenvalue weighted by atomic mass is 10.2. The highest BCUT2D eigenvalue weighted by molar-refractivity contribution is 9.10. The van der Waals surface area contributed by atoms with Crippen LogP contribution in [0.5, 0.6) is 11.5 Å². The molecule has 1 aromatic carbocycles. The summed E-state index contributed by atoms with van der Waals surface area (Å²) in [6, 6.07) is 3.40. The molecule has 2 aromatic rings. The number of H-pyrrole nitrogens is 1. The van der Waals surface area contributed by atoms with E-state index in [1.54, 1.807) is 12.1 Å². The number of benzene rings is 1. The predicted molar refractivity (Wildman–Crippen MR) is 76.1 cm³/mol. The number of rotatable bonds is 3. The summed E-state index contributed by atoms with van der Waals surface area (Å²) in [4.78, 5) is 18.3. The standard InChI is InChI=1S/C12H10BrClN2O3/c1-18-8-4-3-6(9(14)10(8)19-2)11-15-5-7(13)12(17)16-11/h3-5H,1-2H3,(H,15,16,17). The Morgan fingerprint density at radius 2 is 2.05 bits per heavy atom. The van der Waals surface area contributed by atoms with Gasteiger partial charge < -0.3 is 14.5 Å². The first-order valence-electron chi connectivity index (χ1n) is 5.24. The highest BCUT2D eigenvalue weighted by Gasteiger charge is 2.16. The molecule has 19 heavy (non-hydrogen) atoms. The zero-order chi connectivity index (χ0) is 14.0. The third-order valence-corrected chi connectivity index (χ3v) is 3.44. The second-order valence-electron chi connectivity index (χ2n) is 3.57. The van der Waals surface area contributed by atoms with Gasteiger partial charge in [0.25, 0.3) is 5.56 Å². The SMILES string of the molecule is COc1ccc(-c2ncc(Br)c(=O)[nH]2)c(Cl)c1OC. The number of aromatic amines is 1. The molecule has 0 aliphatic rings. The molecule has 1 aromatic heterocycles. The minimum Gasteiger partial charge on any atom is -0.493 e. The van der Waals surface area contributed by atoms with Crippen molar-refractivity contribution in [3.8, 4) is 22.9 Å². The summed E-state index contributed by atoms with van der Waals surface area (Å²) in [6.45, 7) is 0. The molecule has 7 heteroatoms. The lowest BCUT2D eigenvalue weighted by Crippen LogP contribution is -2.09. The Balaban J connectivity index is 2.62. The summed E-state index contributed by atoms with van der Waals surface area (Å²) >= 11 is 9.33. The van der Waals surface area contributed by atoms with Gasteiger partial charge in [-0.3, -0.25) is 4.79 Å². The zero-order valence-corrected chi connectivity index (χ0v) is 12.5. The van der Waals surface area contributed by atoms with Gasteiger partial charge in [0, 0.05) is 11.8 Å². The van der Waals surface area contributed by atoms with E-state index in [9.17, 15) is 4.79 Å². The predicted octanol–water partition coefficient (Wildman–Crippen LogP) is 2.87. The fraction of sp³-hybridized carbons (Fsp3) is 0.167. The van der Waals surface area contributed by atoms with E-state index in [4.69, 9.17) is 21.1 Å². The zero-order valence-electron chi connectivity index (χ0n) is 10.2. The Hall–Kier alpha value is -1.53. The maximum Gasteiger partial charge on any atom is 0.265 e. The fourth-order valence-corrected chi connectivity index (χ4v) is 2.11. The fourth-order valence-electron chi connectivity index (χ4n) is 1.59. The van der Waals surface area contributed by atoms with Crippen LogP contribution in [0.2, 0.25) is 5.02 Å². The van der Waals surface area contributed by atoms with Gasteiger partial charge in [-0.05, 0) is 28.1 Å². The molecule has 0 aliphatic carbocycles. The smallest absolute Gasteiger partial charge is 0.265 e. The topological polar surface area (TPSA) is 64.2 Å². The van der Waals surface area contributed by atoms with Gasteiger partial charge in [0.05, 0.1) is 19.2 Å². The summed E-state index contributed by atoms with van der Waals surface area (Å²) in [6.07, 6.45) is 1.42. The second-order valence-corrected chi connectivity index (χ2v) is 4.80. The Labute approximate surface area is 122 Å². The van der Waals surface area contributed by atoms with Crippen LogP contribution in [0, 0.1) is 0 Å². The van der Waals surface area contributed by atoms with Gasteiger partial charge in [-0.25, -0.2) is 4.98 Å². The quantitative estimate of drug-likeness (QED) is 0.929. The highest BCUT2D eigenvalue weighted by atomic mass is 79.9. The normalized spacial score (nSPS) is 10.3. The molecule has 0 atom stereocenters. The van der Waals surface area contributed by atoms with E-state index in [1.807, 2.05) is 0 Å². The van der Waals surface area contributed by atoms with Gasteiger partial charge in [0.15, 0.2) is 11.5 Å². The molecule has 0 unspecified atom stereocenters. The van der Waals surface area contributed by atoms with Crippen molar-refractivity contribution in [1.29, 1.82) is 0 Å². The van der Waals surface area contributed by atoms with Gasteiger partial charge in [0.1, 0.15) is 10.3 Å². The monoisotopic (exact) mass is 344 g/mol. The van der Waals surface area contributed by atoms with Crippen LogP contribution in [0.15, 0.2) is 27.6 Å². The first-order chi connectivity index (χ1) is 9.08. The maximum absolute atomic E-state index is 11.6. The first kappa shape index (κ1) is 13.9. The lowest BCUT2D eigenvalue weighted by molar-refractivity contribution is 0.355. The molecule has 0 radical (unpaired) electrons. The largest absolute Gasteiger partial charge is 0.493 e. The van der Waals surface area contributed by atoms with Gasteiger partial charge in [-0.1, -0.05) is 11.6 Å². The number of nitrogens with zero attached hydrogens (tertiary/aromatic N) is 1. The van der Waals surface area contributed by atoms with Gasteiger partial charge in [0.2, 0.25) is 0 Å². The Kier molecular flexibility index (Phi) is 4.11. The van der Waals surface area contributed by atoms with Crippen LogP contribution in [-0.2, 0) is 0 Å². The minimum atomic E-state index is -0.282. The van der Waals surface area contributed by atoms with Crippen LogP contribution in [0.3, 0.4) is 0 Å². The number of ether oxygens (including phenoxy) is 2. The highest BCUT2D eigenvalue weighted by Crippen LogP contribution is 2.40. The minimum absolute atomic E-state index is 0.282. The third-order valence-electron chi connectivity index (χ3n) is 2.50. The molecule has 100 valence electrons. The lowest BCUT2D eigenvalue weighted by Gasteiger charge is -2.12. The Bertz CT molecular complexity index is 673. The summed E-state index contributed by atoms with van der Waals surface area (Å²) in [7, 11) is 3.01. The molecule has 0 spiro atoms. The van der Waals surface area contributed by atoms with Crippen LogP contribution in [0.1, 0.15) is 0 Å². The van der Waals surface area contributed by atoms with Crippen molar-refractivity contribution in [1.82, 2.24) is 9.97 Å². The summed E-state index contributed by atoms with van der Waals surface area (Å²) in [5.41, 5.74) is 0.278. The van der Waals surface area contributed by atoms with Crippen molar-refractivity contribution in [2.75, 3.05) is 14.2 Å². The average molecular weight is 346 g/mol. The molecule has 0 saturated carbocycles. The Morgan fingerprint density at radius 1 is 1.32 bits per heavy atom. The number of hydrogen-bond acceptors (Lipinski definition) is 4. The van der Waals surface area contributed by atoms with E-state index >= 15 is 0 Å². The van der Waals surface area contributed by atoms with Crippen LogP contribution in [-0.4, -0.2) is 24.2 Å². The molecular weight excluding hydrogens is 336 g/mol. The molecule has 0 bridgehead atoms. The van der Waals surface area contributed by atoms with E-state index in [0.29, 0.717) is 32.4 Å². The van der Waals surface area contributed by atoms with E-state index in [-0.39, 0.29) is 5.56 Å². The molecule has 1 N–H and O–H groups in total. The number of nitrogens with one attached hydrogen (secondary N) is 1. The van der Waals surface area contributed by atoms with Crippen molar-refractivity contribution < 1.29 is 9.47 Å². The van der Waals surface area contributed by atoms with E-state index in [0.717, 1.165) is 0 Å². The van der Waals surface area contributed by atoms with Crippen LogP contribution >= 0.6 is 27.5 Å². The molecule has 5 nitrogen and oxygen atoms in total. The van der Waals surface area contributed by atoms with Crippen molar-refractivity contribution in [2.45, 2.75) is 0 Å². The molecule has 0 fully saturated rings. The molecule has 2 rings (SSSR count). The molecule has 1 heterocycles. The van der Waals surface area contributed by atoms with E-state index < -0.39 is 0 Å². The van der Waals surface area contributed by atoms with Crippen LogP contribution in [0.4, 0.5) is 0 Å². The van der Waals surface area contributed by atoms with Crippen molar-refractivity contribution in [3.05, 3.63) is 38.2 Å². The van der Waals surface area contributed by atoms with Gasteiger partial charge in [-0.15, -0.1) is 0 Å². The van der Waals surface area contributed by atoms with E-state index in [2.05, 4.69) is 25.9 Å². The molecular formula is C12H10BrClN2O3. The maximum atomic E-state index is 11.6. The number of aromatic nitrogens is 2. The van der Waals surface area contributed by atoms with Crippen molar-refractivity contribution >= 4 is 27.5 Å². The number of halogens is 2. The third kappa shape index (κ3) is 2.59. The molecule has 0 aliphatic heterocycles. The number of methoxy groups -OCH3 is 2. The average Bonchev–Trinajstić information content (AvgIpc) is 2.41. The summed E-state index contributed by atoms with van der Waals surface area (Å²) in [5, 5.41) is 0.326. The summed E-state index contributed by atoms with van der Waals surface area (Å²) < 4.78 is 10.7. The van der Waals surface area contributed by atoms with Crippen LogP contribution < -0.4 is 15.0 Å². The van der Waals surface area contributed by atoms with Gasteiger partial charge >= 0.3 is 0 Å². The van der Waals surface area contributed by atoms with Crippen molar-refractivity contribution in [2.24, 2.45) is 0 Å². The van der Waals surface area contributed by atoms with Crippen molar-refractivity contribution in [3.63, 3.8) is 0 Å². The second kappa shape index (κ2) is 5.63. The Morgan fingerprint density at radius 3 is 2.63 bits per heavy atom. The van der Waals surface area contributed by atoms with Crippen LogP contribution in [0.25, 0.3) is 11.4 Å². The molecule has 0 amide bonds. The summed E-state index contributed by atoms with van der Waals surface area (Å²) in [5.74, 6) is 1.27. The van der Waals surface area contributed by atoms with Gasteiger partial charge in [-0.2, -0.15) is 0 Å². The first-order valence-corrected chi connectivity index (χ1v) is 6.41. The van der Waals surface area contributed by atoms with E-state index in [1.165, 1.54) is 20.4 Å².